The lowest BCUT2D eigenvalue weighted by molar-refractivity contribution is -0.155. The van der Waals surface area contributed by atoms with Crippen LogP contribution in [0.15, 0.2) is 51.2 Å². The highest BCUT2D eigenvalue weighted by Gasteiger charge is 2.72. The van der Waals surface area contributed by atoms with Crippen LogP contribution in [0, 0.1) is 5.92 Å². The Hall–Kier alpha value is -2.74. The van der Waals surface area contributed by atoms with E-state index in [0.717, 1.165) is 11.1 Å². The summed E-state index contributed by atoms with van der Waals surface area (Å²) in [6.07, 6.45) is -3.51. The molecule has 0 bridgehead atoms. The van der Waals surface area contributed by atoms with E-state index >= 15 is 0 Å². The molecular formula is C20H16F3N3O5S2. The molecule has 2 aromatic heterocycles. The molecule has 174 valence electrons. The number of hydrogen-bond acceptors (Lipinski definition) is 7. The number of amides is 1. The molecule has 2 aliphatic carbocycles. The standard InChI is InChI=1S/C20H16F3N3O5S2/c21-20(22,23)15-9-13(25-31-15)14-7-8-16(32-14)33(29,30)26-19(18(27)24-28)12-6-5-10-3-1-2-4-11(10)17(12)19/h1-4,7-9,12,17,26,28H,5-6H2,(H,24,27)/t12-,17+,19+/m0/s1. The van der Waals surface area contributed by atoms with Crippen LogP contribution in [-0.2, 0) is 27.4 Å². The summed E-state index contributed by atoms with van der Waals surface area (Å²) >= 11 is 0.689. The summed E-state index contributed by atoms with van der Waals surface area (Å²) in [5.41, 5.74) is 1.71. The second-order valence-corrected chi connectivity index (χ2v) is 10.9. The largest absolute Gasteiger partial charge is 0.452 e. The van der Waals surface area contributed by atoms with E-state index in [9.17, 15) is 31.6 Å². The van der Waals surface area contributed by atoms with Crippen LogP contribution >= 0.6 is 11.3 Å². The van der Waals surface area contributed by atoms with Crippen molar-refractivity contribution in [3.05, 3.63) is 59.4 Å². The maximum atomic E-state index is 13.2. The lowest BCUT2D eigenvalue weighted by Gasteiger charge is -2.17. The number of carbonyl (C=O) groups excluding carboxylic acids is 1. The maximum absolute atomic E-state index is 13.2. The fraction of sp³-hybridized carbons (Fsp3) is 0.300. The summed E-state index contributed by atoms with van der Waals surface area (Å²) in [6.45, 7) is 0. The molecule has 8 nitrogen and oxygen atoms in total. The topological polar surface area (TPSA) is 122 Å². The number of aryl methyl sites for hydroxylation is 1. The summed E-state index contributed by atoms with van der Waals surface area (Å²) < 4.78 is 71.2. The molecule has 1 saturated carbocycles. The van der Waals surface area contributed by atoms with Gasteiger partial charge >= 0.3 is 6.18 Å². The zero-order valence-electron chi connectivity index (χ0n) is 16.6. The molecule has 0 saturated heterocycles. The highest BCUT2D eigenvalue weighted by molar-refractivity contribution is 7.91. The number of nitrogens with zero attached hydrogens (tertiary/aromatic N) is 1. The van der Waals surface area contributed by atoms with Crippen LogP contribution < -0.4 is 10.2 Å². The van der Waals surface area contributed by atoms with Crippen molar-refractivity contribution in [3.63, 3.8) is 0 Å². The van der Waals surface area contributed by atoms with E-state index in [4.69, 9.17) is 0 Å². The molecule has 1 fully saturated rings. The first-order chi connectivity index (χ1) is 15.6. The fourth-order valence-electron chi connectivity index (χ4n) is 4.68. The van der Waals surface area contributed by atoms with Crippen molar-refractivity contribution in [2.75, 3.05) is 0 Å². The molecule has 3 aromatic rings. The molecule has 3 N–H and O–H groups in total. The number of halogens is 3. The molecule has 13 heteroatoms. The van der Waals surface area contributed by atoms with Crippen LogP contribution in [-0.4, -0.2) is 30.2 Å². The van der Waals surface area contributed by atoms with Crippen molar-refractivity contribution in [3.8, 4) is 10.6 Å². The van der Waals surface area contributed by atoms with Crippen molar-refractivity contribution in [1.82, 2.24) is 15.4 Å². The molecule has 5 rings (SSSR count). The molecule has 1 amide bonds. The van der Waals surface area contributed by atoms with E-state index in [-0.39, 0.29) is 20.7 Å². The Balaban J connectivity index is 1.46. The summed E-state index contributed by atoms with van der Waals surface area (Å²) in [4.78, 5) is 12.8. The summed E-state index contributed by atoms with van der Waals surface area (Å²) in [7, 11) is -4.26. The van der Waals surface area contributed by atoms with Crippen molar-refractivity contribution < 1.29 is 36.1 Å². The van der Waals surface area contributed by atoms with Crippen molar-refractivity contribution in [2.24, 2.45) is 5.92 Å². The molecular weight excluding hydrogens is 483 g/mol. The number of hydrogen-bond donors (Lipinski definition) is 3. The number of sulfonamides is 1. The number of fused-ring (bicyclic) bond motifs is 3. The smallest absolute Gasteiger partial charge is 0.351 e. The summed E-state index contributed by atoms with van der Waals surface area (Å²) in [5.74, 6) is -2.96. The van der Waals surface area contributed by atoms with Gasteiger partial charge in [0.25, 0.3) is 15.9 Å². The van der Waals surface area contributed by atoms with Gasteiger partial charge in [0.15, 0.2) is 0 Å². The second-order valence-electron chi connectivity index (χ2n) is 7.93. The number of aromatic nitrogens is 1. The minimum atomic E-state index is -4.72. The van der Waals surface area contributed by atoms with E-state index in [1.165, 1.54) is 12.1 Å². The maximum Gasteiger partial charge on any atom is 0.452 e. The Kier molecular flexibility index (Phi) is 4.94. The SMILES string of the molecule is O=C(NO)[C@]1(NS(=O)(=O)c2ccc(-c3cc(C(F)(F)F)on3)s2)[C@@H]2c3ccccc3CC[C@@H]21. The van der Waals surface area contributed by atoms with E-state index in [1.54, 1.807) is 11.5 Å². The number of hydroxylamine groups is 1. The number of alkyl halides is 3. The van der Waals surface area contributed by atoms with E-state index in [1.807, 2.05) is 18.2 Å². The molecule has 33 heavy (non-hydrogen) atoms. The van der Waals surface area contributed by atoms with Crippen LogP contribution in [0.3, 0.4) is 0 Å². The van der Waals surface area contributed by atoms with Gasteiger partial charge < -0.3 is 4.52 Å². The molecule has 2 heterocycles. The van der Waals surface area contributed by atoms with Crippen LogP contribution in [0.5, 0.6) is 0 Å². The van der Waals surface area contributed by atoms with Gasteiger partial charge in [-0.25, -0.2) is 13.9 Å². The number of thiophene rings is 1. The first kappa shape index (κ1) is 22.1. The van der Waals surface area contributed by atoms with E-state index < -0.39 is 39.3 Å². The monoisotopic (exact) mass is 499 g/mol. The Bertz CT molecular complexity index is 1350. The predicted octanol–water partition coefficient (Wildman–Crippen LogP) is 3.30. The van der Waals surface area contributed by atoms with Gasteiger partial charge in [-0.15, -0.1) is 11.3 Å². The molecule has 0 radical (unpaired) electrons. The van der Waals surface area contributed by atoms with E-state index in [2.05, 4.69) is 14.4 Å². The minimum absolute atomic E-state index is 0.147. The van der Waals surface area contributed by atoms with Gasteiger partial charge in [0.05, 0.1) is 4.88 Å². The highest BCUT2D eigenvalue weighted by Crippen LogP contribution is 2.63. The van der Waals surface area contributed by atoms with Gasteiger partial charge in [0.1, 0.15) is 15.4 Å². The summed E-state index contributed by atoms with van der Waals surface area (Å²) in [6, 6.07) is 10.6. The van der Waals surface area contributed by atoms with Crippen molar-refractivity contribution in [1.29, 1.82) is 0 Å². The molecule has 0 spiro atoms. The Morgan fingerprint density at radius 1 is 1.24 bits per heavy atom. The molecule has 1 aromatic carbocycles. The minimum Gasteiger partial charge on any atom is -0.351 e. The zero-order chi connectivity index (χ0) is 23.6. The molecule has 3 atom stereocenters. The van der Waals surface area contributed by atoms with Gasteiger partial charge in [-0.05, 0) is 42.0 Å². The number of benzene rings is 1. The zero-order valence-corrected chi connectivity index (χ0v) is 18.2. The van der Waals surface area contributed by atoms with Crippen LogP contribution in [0.2, 0.25) is 0 Å². The van der Waals surface area contributed by atoms with Crippen LogP contribution in [0.25, 0.3) is 10.6 Å². The predicted molar refractivity (Wildman–Crippen MR) is 109 cm³/mol. The molecule has 0 unspecified atom stereocenters. The van der Waals surface area contributed by atoms with Crippen molar-refractivity contribution in [2.45, 2.75) is 34.7 Å². The third-order valence-electron chi connectivity index (χ3n) is 6.15. The quantitative estimate of drug-likeness (QED) is 0.366. The van der Waals surface area contributed by atoms with Crippen molar-refractivity contribution >= 4 is 27.3 Å². The van der Waals surface area contributed by atoms with Gasteiger partial charge in [-0.1, -0.05) is 29.4 Å². The number of rotatable bonds is 5. The Morgan fingerprint density at radius 2 is 2.00 bits per heavy atom. The first-order valence-electron chi connectivity index (χ1n) is 9.78. The number of nitrogens with one attached hydrogen (secondary N) is 2. The van der Waals surface area contributed by atoms with E-state index in [0.29, 0.717) is 30.2 Å². The molecule has 2 aliphatic rings. The molecule has 0 aliphatic heterocycles. The van der Waals surface area contributed by atoms with Crippen LogP contribution in [0.1, 0.15) is 29.2 Å². The number of carbonyl (C=O) groups is 1. The van der Waals surface area contributed by atoms with Crippen LogP contribution in [0.4, 0.5) is 13.2 Å². The first-order valence-corrected chi connectivity index (χ1v) is 12.1. The Labute approximate surface area is 189 Å². The normalized spacial score (nSPS) is 24.1. The second kappa shape index (κ2) is 7.38. The third kappa shape index (κ3) is 3.46. The summed E-state index contributed by atoms with van der Waals surface area (Å²) in [5, 5.41) is 12.7. The third-order valence-corrected chi connectivity index (χ3v) is 9.24. The lowest BCUT2D eigenvalue weighted by atomic mass is 9.92. The van der Waals surface area contributed by atoms with Gasteiger partial charge in [-0.3, -0.25) is 10.0 Å². The van der Waals surface area contributed by atoms with Gasteiger partial charge in [0.2, 0.25) is 5.76 Å². The average Bonchev–Trinajstić information content (AvgIpc) is 3.17. The Morgan fingerprint density at radius 3 is 2.70 bits per heavy atom. The fourth-order valence-corrected chi connectivity index (χ4v) is 7.37. The lowest BCUT2D eigenvalue weighted by Crippen LogP contribution is -2.50. The average molecular weight is 499 g/mol. The van der Waals surface area contributed by atoms with Gasteiger partial charge in [0, 0.05) is 12.0 Å². The highest BCUT2D eigenvalue weighted by atomic mass is 32.2. The van der Waals surface area contributed by atoms with Gasteiger partial charge in [-0.2, -0.15) is 17.9 Å².